The van der Waals surface area contributed by atoms with Crippen LogP contribution in [0.3, 0.4) is 0 Å². The summed E-state index contributed by atoms with van der Waals surface area (Å²) in [6, 6.07) is 10.6. The van der Waals surface area contributed by atoms with E-state index in [1.807, 2.05) is 36.6 Å². The lowest BCUT2D eigenvalue weighted by molar-refractivity contribution is 0.410. The molecule has 0 bridgehead atoms. The van der Waals surface area contributed by atoms with Crippen LogP contribution < -0.4 is 0 Å². The Kier molecular flexibility index (Phi) is 5.65. The first kappa shape index (κ1) is 18.9. The van der Waals surface area contributed by atoms with E-state index in [1.165, 1.54) is 0 Å². The maximum atomic E-state index is 13.0. The second kappa shape index (κ2) is 7.78. The Hall–Kier alpha value is -1.89. The van der Waals surface area contributed by atoms with Gasteiger partial charge in [-0.25, -0.2) is 13.4 Å². The third kappa shape index (κ3) is 3.77. The Morgan fingerprint density at radius 3 is 2.50 bits per heavy atom. The second-order valence-electron chi connectivity index (χ2n) is 6.17. The molecule has 0 saturated carbocycles. The van der Waals surface area contributed by atoms with E-state index in [2.05, 4.69) is 4.98 Å². The molecule has 5 nitrogen and oxygen atoms in total. The molecule has 0 N–H and O–H groups in total. The number of halogens is 1. The van der Waals surface area contributed by atoms with Crippen molar-refractivity contribution in [1.29, 1.82) is 0 Å². The lowest BCUT2D eigenvalue weighted by Gasteiger charge is -2.21. The zero-order valence-corrected chi connectivity index (χ0v) is 16.5. The van der Waals surface area contributed by atoms with Crippen molar-refractivity contribution in [2.45, 2.75) is 31.6 Å². The van der Waals surface area contributed by atoms with Crippen molar-refractivity contribution in [3.63, 3.8) is 0 Å². The molecular weight excluding hydrogens is 370 g/mol. The first-order valence-electron chi connectivity index (χ1n) is 8.70. The van der Waals surface area contributed by atoms with E-state index in [0.29, 0.717) is 28.7 Å². The Labute approximate surface area is 159 Å². The van der Waals surface area contributed by atoms with Crippen LogP contribution in [0.2, 0.25) is 5.02 Å². The van der Waals surface area contributed by atoms with Crippen LogP contribution in [0.1, 0.15) is 26.7 Å². The number of sulfonamides is 1. The molecule has 0 aliphatic rings. The molecule has 0 aliphatic carbocycles. The van der Waals surface area contributed by atoms with Crippen LogP contribution in [-0.2, 0) is 10.0 Å². The summed E-state index contributed by atoms with van der Waals surface area (Å²) in [7, 11) is -3.52. The van der Waals surface area contributed by atoms with E-state index in [-0.39, 0.29) is 0 Å². The van der Waals surface area contributed by atoms with Crippen LogP contribution in [0.5, 0.6) is 0 Å². The lowest BCUT2D eigenvalue weighted by atomic mass is 10.2. The van der Waals surface area contributed by atoms with Crippen LogP contribution in [0, 0.1) is 0 Å². The fraction of sp³-hybridized carbons (Fsp3) is 0.316. The molecule has 2 heterocycles. The minimum Gasteiger partial charge on any atom is -0.305 e. The summed E-state index contributed by atoms with van der Waals surface area (Å²) in [6.45, 7) is 5.01. The van der Waals surface area contributed by atoms with E-state index in [9.17, 15) is 8.42 Å². The third-order valence-electron chi connectivity index (χ3n) is 4.13. The highest BCUT2D eigenvalue weighted by atomic mass is 35.5. The average molecular weight is 392 g/mol. The van der Waals surface area contributed by atoms with Crippen molar-refractivity contribution in [2.75, 3.05) is 13.1 Å². The summed E-state index contributed by atoms with van der Waals surface area (Å²) in [5, 5.41) is 0.618. The number of benzene rings is 1. The van der Waals surface area contributed by atoms with Crippen molar-refractivity contribution in [2.24, 2.45) is 0 Å². The zero-order valence-electron chi connectivity index (χ0n) is 14.9. The van der Waals surface area contributed by atoms with E-state index in [1.54, 1.807) is 34.8 Å². The number of hydrogen-bond acceptors (Lipinski definition) is 3. The molecule has 3 aromatic rings. The number of aromatic nitrogens is 2. The van der Waals surface area contributed by atoms with Gasteiger partial charge in [0.05, 0.1) is 15.6 Å². The van der Waals surface area contributed by atoms with Gasteiger partial charge in [-0.1, -0.05) is 37.6 Å². The Bertz CT molecular complexity index is 1010. The minimum absolute atomic E-state index is 0.298. The quantitative estimate of drug-likeness (QED) is 0.597. The Morgan fingerprint density at radius 2 is 1.81 bits per heavy atom. The van der Waals surface area contributed by atoms with Gasteiger partial charge in [0.2, 0.25) is 10.0 Å². The highest BCUT2D eigenvalue weighted by Gasteiger charge is 2.23. The second-order valence-corrected chi connectivity index (χ2v) is 8.55. The van der Waals surface area contributed by atoms with Gasteiger partial charge in [0.1, 0.15) is 5.65 Å². The molecule has 0 radical (unpaired) electrons. The molecule has 0 unspecified atom stereocenters. The smallest absolute Gasteiger partial charge is 0.243 e. The molecule has 0 fully saturated rings. The fourth-order valence-corrected chi connectivity index (χ4v) is 4.76. The van der Waals surface area contributed by atoms with Crippen LogP contribution in [0.25, 0.3) is 16.9 Å². The van der Waals surface area contributed by atoms with Crippen molar-refractivity contribution < 1.29 is 8.42 Å². The maximum Gasteiger partial charge on any atom is 0.243 e. The summed E-state index contributed by atoms with van der Waals surface area (Å²) in [4.78, 5) is 4.86. The molecule has 3 rings (SSSR count). The third-order valence-corrected chi connectivity index (χ3v) is 6.25. The SMILES string of the molecule is CCCN(CCC)S(=O)(=O)c1cccc(-c2cn3cc(Cl)ccc3n2)c1. The van der Waals surface area contributed by atoms with Gasteiger partial charge in [-0.2, -0.15) is 4.31 Å². The van der Waals surface area contributed by atoms with Crippen molar-refractivity contribution in [3.05, 3.63) is 53.8 Å². The molecule has 138 valence electrons. The molecule has 0 saturated heterocycles. The number of pyridine rings is 1. The summed E-state index contributed by atoms with van der Waals surface area (Å²) in [5.74, 6) is 0. The van der Waals surface area contributed by atoms with Gasteiger partial charge in [-0.05, 0) is 37.1 Å². The minimum atomic E-state index is -3.52. The topological polar surface area (TPSA) is 54.7 Å². The van der Waals surface area contributed by atoms with E-state index >= 15 is 0 Å². The highest BCUT2D eigenvalue weighted by Crippen LogP contribution is 2.25. The van der Waals surface area contributed by atoms with Crippen LogP contribution in [0.4, 0.5) is 0 Å². The first-order chi connectivity index (χ1) is 12.5. The normalized spacial score (nSPS) is 12.2. The number of hydrogen-bond donors (Lipinski definition) is 0. The fourth-order valence-electron chi connectivity index (χ4n) is 2.92. The monoisotopic (exact) mass is 391 g/mol. The Morgan fingerprint density at radius 1 is 1.08 bits per heavy atom. The van der Waals surface area contributed by atoms with Gasteiger partial charge < -0.3 is 4.40 Å². The van der Waals surface area contributed by atoms with E-state index in [0.717, 1.165) is 24.1 Å². The van der Waals surface area contributed by atoms with Crippen molar-refractivity contribution in [3.8, 4) is 11.3 Å². The maximum absolute atomic E-state index is 13.0. The van der Waals surface area contributed by atoms with E-state index < -0.39 is 10.0 Å². The van der Waals surface area contributed by atoms with Crippen molar-refractivity contribution >= 4 is 27.3 Å². The van der Waals surface area contributed by atoms with Crippen LogP contribution in [0.15, 0.2) is 53.7 Å². The number of rotatable bonds is 7. The molecule has 26 heavy (non-hydrogen) atoms. The number of imidazole rings is 1. The van der Waals surface area contributed by atoms with Crippen LogP contribution >= 0.6 is 11.6 Å². The van der Waals surface area contributed by atoms with Crippen LogP contribution in [-0.4, -0.2) is 35.2 Å². The van der Waals surface area contributed by atoms with Gasteiger partial charge in [-0.15, -0.1) is 0 Å². The van der Waals surface area contributed by atoms with Gasteiger partial charge in [0.25, 0.3) is 0 Å². The molecule has 1 aromatic carbocycles. The summed E-state index contributed by atoms with van der Waals surface area (Å²) >= 11 is 6.02. The van der Waals surface area contributed by atoms with Gasteiger partial charge in [0, 0.05) is 31.0 Å². The van der Waals surface area contributed by atoms with Gasteiger partial charge >= 0.3 is 0 Å². The summed E-state index contributed by atoms with van der Waals surface area (Å²) in [5.41, 5.74) is 2.23. The number of fused-ring (bicyclic) bond motifs is 1. The molecule has 7 heteroatoms. The molecule has 0 amide bonds. The Balaban J connectivity index is 2.01. The van der Waals surface area contributed by atoms with E-state index in [4.69, 9.17) is 11.6 Å². The highest BCUT2D eigenvalue weighted by molar-refractivity contribution is 7.89. The molecular formula is C19H22ClN3O2S. The lowest BCUT2D eigenvalue weighted by Crippen LogP contribution is -2.32. The molecule has 0 spiro atoms. The van der Waals surface area contributed by atoms with Gasteiger partial charge in [0.15, 0.2) is 0 Å². The summed E-state index contributed by atoms with van der Waals surface area (Å²) < 4.78 is 29.4. The first-order valence-corrected chi connectivity index (χ1v) is 10.5. The predicted octanol–water partition coefficient (Wildman–Crippen LogP) is 4.47. The van der Waals surface area contributed by atoms with Crippen molar-refractivity contribution in [1.82, 2.24) is 13.7 Å². The summed E-state index contributed by atoms with van der Waals surface area (Å²) in [6.07, 6.45) is 5.19. The zero-order chi connectivity index (χ0) is 18.7. The molecule has 2 aromatic heterocycles. The number of nitrogens with zero attached hydrogens (tertiary/aromatic N) is 3. The standard InChI is InChI=1S/C19H22ClN3O2S/c1-3-10-23(11-4-2)26(24,25)17-7-5-6-15(12-17)18-14-22-13-16(20)8-9-19(22)21-18/h5-9,12-14H,3-4,10-11H2,1-2H3. The average Bonchev–Trinajstić information content (AvgIpc) is 3.05. The predicted molar refractivity (Wildman–Crippen MR) is 105 cm³/mol. The van der Waals surface area contributed by atoms with Gasteiger partial charge in [-0.3, -0.25) is 0 Å². The molecule has 0 atom stereocenters. The largest absolute Gasteiger partial charge is 0.305 e. The molecule has 0 aliphatic heterocycles.